The molecule has 0 fully saturated rings. The van der Waals surface area contributed by atoms with Gasteiger partial charge in [0.25, 0.3) is 5.91 Å². The highest BCUT2D eigenvalue weighted by atomic mass is 16.1. The molecule has 1 amide bonds. The second-order valence-corrected chi connectivity index (χ2v) is 2.94. The molecule has 1 rings (SSSR count). The van der Waals surface area contributed by atoms with E-state index in [2.05, 4.69) is 16.9 Å². The van der Waals surface area contributed by atoms with Crippen molar-refractivity contribution in [3.8, 4) is 6.07 Å². The maximum atomic E-state index is 11.5. The van der Waals surface area contributed by atoms with Crippen molar-refractivity contribution in [2.45, 2.75) is 6.92 Å². The first kappa shape index (κ1) is 10.9. The molecule has 0 radical (unpaired) electrons. The van der Waals surface area contributed by atoms with E-state index in [9.17, 15) is 4.79 Å². The van der Waals surface area contributed by atoms with E-state index in [1.165, 1.54) is 6.07 Å². The Morgan fingerprint density at radius 1 is 1.73 bits per heavy atom. The summed E-state index contributed by atoms with van der Waals surface area (Å²) in [5, 5.41) is 11.3. The molecule has 1 aromatic rings. The minimum absolute atomic E-state index is 0.262. The molecule has 1 aromatic heterocycles. The average molecular weight is 201 g/mol. The van der Waals surface area contributed by atoms with Crippen LogP contribution in [0.3, 0.4) is 0 Å². The fourth-order valence-corrected chi connectivity index (χ4v) is 1.06. The Balaban J connectivity index is 2.88. The Kier molecular flexibility index (Phi) is 3.58. The monoisotopic (exact) mass is 201 g/mol. The standard InChI is InChI=1S/C11H11N3O/c1-3-6-13-11(15)10-5-4-9(7-12)8(2)14-10/h3-5H,1,6H2,2H3,(H,13,15). The molecular weight excluding hydrogens is 190 g/mol. The lowest BCUT2D eigenvalue weighted by atomic mass is 10.2. The highest BCUT2D eigenvalue weighted by Gasteiger charge is 2.07. The van der Waals surface area contributed by atoms with Crippen LogP contribution in [0.4, 0.5) is 0 Å². The van der Waals surface area contributed by atoms with Gasteiger partial charge in [0.15, 0.2) is 0 Å². The lowest BCUT2D eigenvalue weighted by molar-refractivity contribution is 0.0953. The van der Waals surface area contributed by atoms with Gasteiger partial charge in [-0.3, -0.25) is 4.79 Å². The number of aromatic nitrogens is 1. The zero-order valence-electron chi connectivity index (χ0n) is 8.45. The minimum atomic E-state index is -0.262. The zero-order chi connectivity index (χ0) is 11.3. The SMILES string of the molecule is C=CCNC(=O)c1ccc(C#N)c(C)n1. The van der Waals surface area contributed by atoms with Gasteiger partial charge >= 0.3 is 0 Å². The van der Waals surface area contributed by atoms with E-state index in [4.69, 9.17) is 5.26 Å². The van der Waals surface area contributed by atoms with Gasteiger partial charge in [-0.25, -0.2) is 4.98 Å². The summed E-state index contributed by atoms with van der Waals surface area (Å²) in [5.74, 6) is -0.262. The zero-order valence-corrected chi connectivity index (χ0v) is 8.45. The summed E-state index contributed by atoms with van der Waals surface area (Å²) in [5.41, 5.74) is 1.35. The number of nitrogens with zero attached hydrogens (tertiary/aromatic N) is 2. The lowest BCUT2D eigenvalue weighted by Crippen LogP contribution is -2.24. The van der Waals surface area contributed by atoms with Crippen molar-refractivity contribution < 1.29 is 4.79 Å². The number of amides is 1. The van der Waals surface area contributed by atoms with E-state index < -0.39 is 0 Å². The Hall–Kier alpha value is -2.15. The topological polar surface area (TPSA) is 65.8 Å². The highest BCUT2D eigenvalue weighted by molar-refractivity contribution is 5.92. The molecule has 0 aliphatic carbocycles. The van der Waals surface area contributed by atoms with Crippen molar-refractivity contribution >= 4 is 5.91 Å². The van der Waals surface area contributed by atoms with Gasteiger partial charge in [-0.1, -0.05) is 6.08 Å². The van der Waals surface area contributed by atoms with Crippen LogP contribution in [0.15, 0.2) is 24.8 Å². The second-order valence-electron chi connectivity index (χ2n) is 2.94. The molecule has 76 valence electrons. The van der Waals surface area contributed by atoms with Crippen molar-refractivity contribution in [2.75, 3.05) is 6.54 Å². The second kappa shape index (κ2) is 4.91. The normalized spacial score (nSPS) is 9.07. The first-order valence-corrected chi connectivity index (χ1v) is 4.46. The number of rotatable bonds is 3. The Labute approximate surface area is 88.3 Å². The van der Waals surface area contributed by atoms with E-state index in [1.807, 2.05) is 6.07 Å². The molecule has 4 nitrogen and oxygen atoms in total. The number of nitriles is 1. The summed E-state index contributed by atoms with van der Waals surface area (Å²) in [6.07, 6.45) is 1.59. The molecule has 0 aliphatic heterocycles. The average Bonchev–Trinajstić information content (AvgIpc) is 2.25. The maximum Gasteiger partial charge on any atom is 0.270 e. The number of carbonyl (C=O) groups excluding carboxylic acids is 1. The highest BCUT2D eigenvalue weighted by Crippen LogP contribution is 2.05. The van der Waals surface area contributed by atoms with Crippen LogP contribution in [0.5, 0.6) is 0 Å². The fraction of sp³-hybridized carbons (Fsp3) is 0.182. The van der Waals surface area contributed by atoms with Gasteiger partial charge in [-0.15, -0.1) is 6.58 Å². The fourth-order valence-electron chi connectivity index (χ4n) is 1.06. The molecule has 0 saturated carbocycles. The number of carbonyl (C=O) groups is 1. The molecular formula is C11H11N3O. The number of hydrogen-bond acceptors (Lipinski definition) is 3. The maximum absolute atomic E-state index is 11.5. The van der Waals surface area contributed by atoms with E-state index in [-0.39, 0.29) is 5.91 Å². The van der Waals surface area contributed by atoms with Crippen LogP contribution in [0.2, 0.25) is 0 Å². The van der Waals surface area contributed by atoms with Gasteiger partial charge in [-0.2, -0.15) is 5.26 Å². The Morgan fingerprint density at radius 2 is 2.47 bits per heavy atom. The van der Waals surface area contributed by atoms with E-state index in [1.54, 1.807) is 19.1 Å². The lowest BCUT2D eigenvalue weighted by Gasteiger charge is -2.03. The van der Waals surface area contributed by atoms with Crippen molar-refractivity contribution in [2.24, 2.45) is 0 Å². The Bertz CT molecular complexity index is 432. The van der Waals surface area contributed by atoms with Crippen molar-refractivity contribution in [1.82, 2.24) is 10.3 Å². The summed E-state index contributed by atoms with van der Waals surface area (Å²) in [4.78, 5) is 15.5. The van der Waals surface area contributed by atoms with E-state index in [0.717, 1.165) is 0 Å². The summed E-state index contributed by atoms with van der Waals surface area (Å²) < 4.78 is 0. The minimum Gasteiger partial charge on any atom is -0.347 e. The smallest absolute Gasteiger partial charge is 0.270 e. The molecule has 1 N–H and O–H groups in total. The summed E-state index contributed by atoms with van der Waals surface area (Å²) >= 11 is 0. The van der Waals surface area contributed by atoms with Crippen molar-refractivity contribution in [3.63, 3.8) is 0 Å². The summed E-state index contributed by atoms with van der Waals surface area (Å²) in [6.45, 7) is 5.59. The predicted octanol–water partition coefficient (Wildman–Crippen LogP) is 1.18. The number of pyridine rings is 1. The third-order valence-electron chi connectivity index (χ3n) is 1.85. The van der Waals surface area contributed by atoms with Crippen LogP contribution in [0.1, 0.15) is 21.7 Å². The van der Waals surface area contributed by atoms with Crippen LogP contribution in [0.25, 0.3) is 0 Å². The molecule has 0 saturated heterocycles. The van der Waals surface area contributed by atoms with Crippen molar-refractivity contribution in [3.05, 3.63) is 41.7 Å². The predicted molar refractivity (Wildman–Crippen MR) is 56.2 cm³/mol. The van der Waals surface area contributed by atoms with Crippen LogP contribution >= 0.6 is 0 Å². The van der Waals surface area contributed by atoms with Gasteiger partial charge < -0.3 is 5.32 Å². The summed E-state index contributed by atoms with van der Waals surface area (Å²) in [7, 11) is 0. The molecule has 0 atom stereocenters. The van der Waals surface area contributed by atoms with Crippen molar-refractivity contribution in [1.29, 1.82) is 5.26 Å². The summed E-state index contributed by atoms with van der Waals surface area (Å²) in [6, 6.07) is 5.11. The number of hydrogen-bond donors (Lipinski definition) is 1. The molecule has 0 spiro atoms. The van der Waals surface area contributed by atoms with Gasteiger partial charge in [0.2, 0.25) is 0 Å². The molecule has 0 aromatic carbocycles. The van der Waals surface area contributed by atoms with Gasteiger partial charge in [0.05, 0.1) is 11.3 Å². The van der Waals surface area contributed by atoms with Crippen LogP contribution in [0, 0.1) is 18.3 Å². The van der Waals surface area contributed by atoms with Crippen LogP contribution in [-0.2, 0) is 0 Å². The molecule has 1 heterocycles. The quantitative estimate of drug-likeness (QED) is 0.747. The first-order valence-electron chi connectivity index (χ1n) is 4.46. The molecule has 4 heteroatoms. The first-order chi connectivity index (χ1) is 7.19. The Morgan fingerprint density at radius 3 is 3.00 bits per heavy atom. The van der Waals surface area contributed by atoms with Crippen LogP contribution < -0.4 is 5.32 Å². The van der Waals surface area contributed by atoms with Crippen LogP contribution in [-0.4, -0.2) is 17.4 Å². The number of nitrogens with one attached hydrogen (secondary N) is 1. The molecule has 0 unspecified atom stereocenters. The van der Waals surface area contributed by atoms with Gasteiger partial charge in [0, 0.05) is 6.54 Å². The van der Waals surface area contributed by atoms with E-state index in [0.29, 0.717) is 23.5 Å². The third kappa shape index (κ3) is 2.64. The number of aryl methyl sites for hydroxylation is 1. The van der Waals surface area contributed by atoms with E-state index >= 15 is 0 Å². The molecule has 15 heavy (non-hydrogen) atoms. The molecule has 0 aliphatic rings. The van der Waals surface area contributed by atoms with Gasteiger partial charge in [-0.05, 0) is 19.1 Å². The van der Waals surface area contributed by atoms with Gasteiger partial charge in [0.1, 0.15) is 11.8 Å². The third-order valence-corrected chi connectivity index (χ3v) is 1.85. The largest absolute Gasteiger partial charge is 0.347 e. The molecule has 0 bridgehead atoms.